The van der Waals surface area contributed by atoms with E-state index in [2.05, 4.69) is 14.9 Å². The predicted molar refractivity (Wildman–Crippen MR) is 193 cm³/mol. The molecule has 0 aliphatic carbocycles. The Morgan fingerprint density at radius 1 is 1.02 bits per heavy atom. The lowest BCUT2D eigenvalue weighted by Crippen LogP contribution is -2.63. The first-order chi connectivity index (χ1) is 26.3. The van der Waals surface area contributed by atoms with E-state index in [0.717, 1.165) is 25.5 Å². The summed E-state index contributed by atoms with van der Waals surface area (Å²) in [5.74, 6) is -2.76. The standard InChI is InChI=1S/C39H42F4N6O6/c1-38(2,3)55-37(50)49-22-7-9-26(49)27-17-52-35-29-33(45-36(46-34(29)48(27)16-22)53-18-39-10-5-11-47(39)15-21(40)14-39)31(43)32(44-35)24-13-23(54-19-51-4)12-20-6-8-25(41)30(42)28(20)24/h6,8,12-13,21-22,26-27H,5,7,9-11,14-19H2,1-4H3. The molecule has 5 aliphatic heterocycles. The quantitative estimate of drug-likeness (QED) is 0.151. The van der Waals surface area contributed by atoms with Gasteiger partial charge in [0.25, 0.3) is 0 Å². The van der Waals surface area contributed by atoms with E-state index >= 15 is 8.78 Å². The number of piperazine rings is 1. The van der Waals surface area contributed by atoms with Gasteiger partial charge in [-0.1, -0.05) is 6.07 Å². The van der Waals surface area contributed by atoms with Crippen LogP contribution in [0, 0.1) is 17.5 Å². The second-order valence-corrected chi connectivity index (χ2v) is 16.2. The Kier molecular flexibility index (Phi) is 8.64. The van der Waals surface area contributed by atoms with Crippen LogP contribution in [0.5, 0.6) is 17.6 Å². The lowest BCUT2D eigenvalue weighted by atomic mass is 9.95. The number of pyridine rings is 1. The number of nitrogens with zero attached hydrogens (tertiary/aromatic N) is 6. The van der Waals surface area contributed by atoms with Gasteiger partial charge in [-0.25, -0.2) is 27.3 Å². The Labute approximate surface area is 314 Å². The third kappa shape index (κ3) is 6.03. The van der Waals surface area contributed by atoms with E-state index in [1.165, 1.54) is 25.3 Å². The molecule has 4 fully saturated rings. The number of hydrogen-bond acceptors (Lipinski definition) is 11. The molecule has 0 radical (unpaired) electrons. The minimum atomic E-state index is -1.19. The molecule has 12 nitrogen and oxygen atoms in total. The molecule has 7 heterocycles. The van der Waals surface area contributed by atoms with Crippen molar-refractivity contribution in [2.45, 2.75) is 88.3 Å². The predicted octanol–water partition coefficient (Wildman–Crippen LogP) is 6.55. The van der Waals surface area contributed by atoms with E-state index in [0.29, 0.717) is 38.2 Å². The molecule has 2 aromatic carbocycles. The normalized spacial score (nSPS) is 25.9. The van der Waals surface area contributed by atoms with Crippen molar-refractivity contribution in [2.75, 3.05) is 51.7 Å². The summed E-state index contributed by atoms with van der Waals surface area (Å²) in [6.07, 6.45) is 1.92. The van der Waals surface area contributed by atoms with Gasteiger partial charge >= 0.3 is 12.1 Å². The highest BCUT2D eigenvalue weighted by Gasteiger charge is 2.52. The van der Waals surface area contributed by atoms with Gasteiger partial charge in [0.05, 0.1) is 23.7 Å². The monoisotopic (exact) mass is 766 g/mol. The molecule has 292 valence electrons. The molecule has 2 aromatic heterocycles. The van der Waals surface area contributed by atoms with Crippen LogP contribution >= 0.6 is 0 Å². The number of rotatable bonds is 7. The molecule has 16 heteroatoms. The molecule has 5 atom stereocenters. The van der Waals surface area contributed by atoms with Gasteiger partial charge in [0, 0.05) is 37.6 Å². The average Bonchev–Trinajstić information content (AvgIpc) is 3.75. The van der Waals surface area contributed by atoms with Crippen molar-refractivity contribution in [1.82, 2.24) is 24.8 Å². The van der Waals surface area contributed by atoms with Crippen LogP contribution in [0.1, 0.15) is 52.9 Å². The van der Waals surface area contributed by atoms with Crippen molar-refractivity contribution in [2.24, 2.45) is 0 Å². The number of hydrogen-bond donors (Lipinski definition) is 0. The molecule has 4 saturated heterocycles. The highest BCUT2D eigenvalue weighted by Crippen LogP contribution is 2.47. The number of aromatic nitrogens is 3. The third-order valence-corrected chi connectivity index (χ3v) is 11.6. The molecule has 1 amide bonds. The molecule has 9 rings (SSSR count). The number of alkyl halides is 1. The number of carbonyl (C=O) groups is 1. The molecule has 2 bridgehead atoms. The molecule has 4 aromatic rings. The number of fused-ring (bicyclic) bond motifs is 7. The number of methoxy groups -OCH3 is 1. The first kappa shape index (κ1) is 36.0. The van der Waals surface area contributed by atoms with Crippen LogP contribution in [0.3, 0.4) is 0 Å². The average molecular weight is 767 g/mol. The van der Waals surface area contributed by atoms with E-state index in [1.54, 1.807) is 4.90 Å². The number of halogens is 4. The van der Waals surface area contributed by atoms with Gasteiger partial charge in [-0.3, -0.25) is 9.80 Å². The molecule has 0 N–H and O–H groups in total. The van der Waals surface area contributed by atoms with Crippen LogP contribution in [0.15, 0.2) is 24.3 Å². The Morgan fingerprint density at radius 2 is 1.85 bits per heavy atom. The first-order valence-corrected chi connectivity index (χ1v) is 18.7. The summed E-state index contributed by atoms with van der Waals surface area (Å²) in [6, 6.07) is 4.09. The fourth-order valence-corrected chi connectivity index (χ4v) is 9.32. The first-order valence-electron chi connectivity index (χ1n) is 18.7. The summed E-state index contributed by atoms with van der Waals surface area (Å²) >= 11 is 0. The number of benzene rings is 2. The zero-order valence-corrected chi connectivity index (χ0v) is 31.0. The van der Waals surface area contributed by atoms with Gasteiger partial charge in [-0.15, -0.1) is 0 Å². The van der Waals surface area contributed by atoms with E-state index in [9.17, 15) is 13.6 Å². The second-order valence-electron chi connectivity index (χ2n) is 16.2. The summed E-state index contributed by atoms with van der Waals surface area (Å²) in [5, 5.41) is 0.197. The maximum atomic E-state index is 17.4. The molecular formula is C39H42F4N6O6. The van der Waals surface area contributed by atoms with Gasteiger partial charge < -0.3 is 28.6 Å². The maximum Gasteiger partial charge on any atom is 0.410 e. The highest BCUT2D eigenvalue weighted by atomic mass is 19.2. The van der Waals surface area contributed by atoms with Crippen LogP contribution in [0.25, 0.3) is 32.9 Å². The van der Waals surface area contributed by atoms with Crippen LogP contribution in [0.4, 0.5) is 28.2 Å². The SMILES string of the molecule is COCOc1cc(-c2nc3c4c(nc(OCC56CCCN5CC(F)C6)nc4c2F)N2CC4CCC(C2CO3)N4C(=O)OC(C)(C)C)c2c(F)c(F)ccc2c1. The Hall–Kier alpha value is -4.70. The maximum absolute atomic E-state index is 17.4. The van der Waals surface area contributed by atoms with E-state index < -0.39 is 46.9 Å². The van der Waals surface area contributed by atoms with Crippen LogP contribution in [-0.4, -0.2) is 113 Å². The Bertz CT molecular complexity index is 2210. The van der Waals surface area contributed by atoms with E-state index in [-0.39, 0.29) is 82.7 Å². The molecule has 5 aliphatic rings. The van der Waals surface area contributed by atoms with Crippen molar-refractivity contribution >= 4 is 33.6 Å². The van der Waals surface area contributed by atoms with Crippen molar-refractivity contribution in [3.63, 3.8) is 0 Å². The minimum Gasteiger partial charge on any atom is -0.475 e. The van der Waals surface area contributed by atoms with Crippen LogP contribution in [-0.2, 0) is 9.47 Å². The van der Waals surface area contributed by atoms with Crippen LogP contribution < -0.4 is 19.1 Å². The Balaban J connectivity index is 1.20. The fraction of sp³-hybridized carbons (Fsp3) is 0.538. The number of anilines is 1. The fourth-order valence-electron chi connectivity index (χ4n) is 9.32. The summed E-state index contributed by atoms with van der Waals surface area (Å²) in [6.45, 7) is 6.84. The van der Waals surface area contributed by atoms with Gasteiger partial charge in [0.1, 0.15) is 53.2 Å². The highest BCUT2D eigenvalue weighted by molar-refractivity contribution is 6.02. The Morgan fingerprint density at radius 3 is 2.65 bits per heavy atom. The van der Waals surface area contributed by atoms with E-state index in [1.807, 2.05) is 25.7 Å². The molecule has 55 heavy (non-hydrogen) atoms. The lowest BCUT2D eigenvalue weighted by Gasteiger charge is -2.46. The smallest absolute Gasteiger partial charge is 0.410 e. The molecule has 5 unspecified atom stereocenters. The number of amides is 1. The number of ether oxygens (including phenoxy) is 5. The topological polar surface area (TPSA) is 112 Å². The minimum absolute atomic E-state index is 0.0214. The largest absolute Gasteiger partial charge is 0.475 e. The van der Waals surface area contributed by atoms with Gasteiger partial charge in [0.2, 0.25) is 5.88 Å². The van der Waals surface area contributed by atoms with Crippen molar-refractivity contribution in [3.8, 4) is 28.9 Å². The van der Waals surface area contributed by atoms with Crippen molar-refractivity contribution in [1.29, 1.82) is 0 Å². The second kappa shape index (κ2) is 13.2. The van der Waals surface area contributed by atoms with Crippen molar-refractivity contribution in [3.05, 3.63) is 41.7 Å². The van der Waals surface area contributed by atoms with Crippen molar-refractivity contribution < 1.29 is 46.0 Å². The van der Waals surface area contributed by atoms with Gasteiger partial charge in [0.15, 0.2) is 24.2 Å². The third-order valence-electron chi connectivity index (χ3n) is 11.6. The lowest BCUT2D eigenvalue weighted by molar-refractivity contribution is 0.00537. The zero-order chi connectivity index (χ0) is 38.4. The molecule has 0 spiro atoms. The zero-order valence-electron chi connectivity index (χ0n) is 31.0. The summed E-state index contributed by atoms with van der Waals surface area (Å²) < 4.78 is 91.8. The summed E-state index contributed by atoms with van der Waals surface area (Å²) in [7, 11) is 1.43. The van der Waals surface area contributed by atoms with Gasteiger partial charge in [-0.2, -0.15) is 9.97 Å². The summed E-state index contributed by atoms with van der Waals surface area (Å²) in [5.41, 5.74) is -1.90. The number of carbonyl (C=O) groups excluding carboxylic acids is 1. The molecular weight excluding hydrogens is 724 g/mol. The molecule has 0 saturated carbocycles. The van der Waals surface area contributed by atoms with E-state index in [4.69, 9.17) is 28.7 Å². The van der Waals surface area contributed by atoms with Crippen LogP contribution in [0.2, 0.25) is 0 Å². The summed E-state index contributed by atoms with van der Waals surface area (Å²) in [4.78, 5) is 33.5. The van der Waals surface area contributed by atoms with Gasteiger partial charge in [-0.05, 0) is 76.6 Å².